The maximum atomic E-state index is 12.7. The summed E-state index contributed by atoms with van der Waals surface area (Å²) in [6.07, 6.45) is -1.72. The van der Waals surface area contributed by atoms with E-state index in [4.69, 9.17) is 14.2 Å². The molecule has 1 aromatic rings. The molecule has 2 atom stereocenters. The maximum Gasteiger partial charge on any atom is 0.408 e. The number of alkyl halides is 2. The fourth-order valence-corrected chi connectivity index (χ4v) is 2.70. The Morgan fingerprint density at radius 3 is 2.06 bits per heavy atom. The molecule has 0 bridgehead atoms. The highest BCUT2D eigenvalue weighted by atomic mass is 19.1. The number of alkyl carbamates (subject to hydrolysis) is 1. The van der Waals surface area contributed by atoms with Gasteiger partial charge in [-0.1, -0.05) is 45.0 Å². The van der Waals surface area contributed by atoms with Crippen LogP contribution in [0, 0.1) is 5.41 Å². The molecule has 0 aliphatic heterocycles. The second-order valence-corrected chi connectivity index (χ2v) is 9.38. The van der Waals surface area contributed by atoms with Gasteiger partial charge in [0, 0.05) is 6.42 Å². The smallest absolute Gasteiger partial charge is 0.408 e. The summed E-state index contributed by atoms with van der Waals surface area (Å²) in [7, 11) is 0. The van der Waals surface area contributed by atoms with E-state index in [0.717, 1.165) is 0 Å². The lowest BCUT2D eigenvalue weighted by Crippen LogP contribution is -2.51. The van der Waals surface area contributed by atoms with Crippen molar-refractivity contribution in [1.29, 1.82) is 0 Å². The van der Waals surface area contributed by atoms with Crippen LogP contribution in [0.5, 0.6) is 0 Å². The van der Waals surface area contributed by atoms with Crippen molar-refractivity contribution in [1.82, 2.24) is 5.32 Å². The second-order valence-electron chi connectivity index (χ2n) is 9.38. The highest BCUT2D eigenvalue weighted by molar-refractivity contribution is 5.82. The van der Waals surface area contributed by atoms with E-state index in [1.54, 1.807) is 65.8 Å². The topological polar surface area (TPSA) is 90.9 Å². The molecule has 7 nitrogen and oxygen atoms in total. The molecule has 1 rings (SSSR count). The van der Waals surface area contributed by atoms with Crippen molar-refractivity contribution in [3.05, 3.63) is 35.4 Å². The molecular weight excluding hydrogens is 424 g/mol. The Morgan fingerprint density at radius 1 is 1.00 bits per heavy atom. The third kappa shape index (κ3) is 9.62. The first-order valence-electron chi connectivity index (χ1n) is 10.3. The summed E-state index contributed by atoms with van der Waals surface area (Å²) in [6, 6.07) is 5.50. The first-order valence-corrected chi connectivity index (χ1v) is 10.3. The van der Waals surface area contributed by atoms with Gasteiger partial charge < -0.3 is 19.5 Å². The van der Waals surface area contributed by atoms with Gasteiger partial charge in [-0.05, 0) is 37.3 Å². The Labute approximate surface area is 187 Å². The summed E-state index contributed by atoms with van der Waals surface area (Å²) < 4.78 is 40.7. The normalized spacial score (nSPS) is 13.6. The maximum absolute atomic E-state index is 12.7. The second kappa shape index (κ2) is 11.8. The van der Waals surface area contributed by atoms with E-state index in [1.165, 1.54) is 0 Å². The number of amides is 1. The number of carbonyl (C=O) groups is 3. The third-order valence-corrected chi connectivity index (χ3v) is 4.25. The summed E-state index contributed by atoms with van der Waals surface area (Å²) in [4.78, 5) is 36.0. The standard InChI is InChI=1S/C23H33F2NO6/c1-22(2,3)19(26-21(29)32-23(4,5)6)20(28)30-14-15-7-9-16(10-8-15)17(11-12-24)31-18(27)13-25/h7-10,17,19H,11-14H2,1-6H3,(H,26,29)/t17?,19-/m0/s1. The van der Waals surface area contributed by atoms with Gasteiger partial charge in [-0.3, -0.25) is 4.39 Å². The van der Waals surface area contributed by atoms with Crippen molar-refractivity contribution in [2.45, 2.75) is 72.3 Å². The number of hydrogen-bond donors (Lipinski definition) is 1. The average molecular weight is 458 g/mol. The molecule has 0 aromatic heterocycles. The summed E-state index contributed by atoms with van der Waals surface area (Å²) in [6.45, 7) is 8.43. The molecule has 0 aliphatic rings. The van der Waals surface area contributed by atoms with Crippen LogP contribution in [0.3, 0.4) is 0 Å². The molecule has 1 amide bonds. The molecule has 1 unspecified atom stereocenters. The fourth-order valence-electron chi connectivity index (χ4n) is 2.70. The van der Waals surface area contributed by atoms with E-state index in [2.05, 4.69) is 5.32 Å². The van der Waals surface area contributed by atoms with Gasteiger partial charge in [-0.2, -0.15) is 0 Å². The van der Waals surface area contributed by atoms with Gasteiger partial charge >= 0.3 is 18.0 Å². The Balaban J connectivity index is 2.80. The van der Waals surface area contributed by atoms with Crippen LogP contribution in [-0.4, -0.2) is 43.0 Å². The van der Waals surface area contributed by atoms with E-state index in [0.29, 0.717) is 11.1 Å². The number of rotatable bonds is 9. The van der Waals surface area contributed by atoms with Crippen LogP contribution >= 0.6 is 0 Å². The van der Waals surface area contributed by atoms with Crippen molar-refractivity contribution >= 4 is 18.0 Å². The van der Waals surface area contributed by atoms with E-state index in [1.807, 2.05) is 0 Å². The lowest BCUT2D eigenvalue weighted by Gasteiger charge is -2.30. The molecule has 9 heteroatoms. The molecule has 0 saturated heterocycles. The Hall–Kier alpha value is -2.71. The van der Waals surface area contributed by atoms with Crippen LogP contribution < -0.4 is 5.32 Å². The van der Waals surface area contributed by atoms with Crippen LogP contribution in [0.2, 0.25) is 0 Å². The summed E-state index contributed by atoms with van der Waals surface area (Å²) in [5.74, 6) is -1.69. The van der Waals surface area contributed by atoms with Gasteiger partial charge in [0.15, 0.2) is 6.67 Å². The number of ether oxygens (including phenoxy) is 3. The quantitative estimate of drug-likeness (QED) is 0.431. The van der Waals surface area contributed by atoms with Crippen molar-refractivity contribution in [3.63, 3.8) is 0 Å². The minimum atomic E-state index is -1.29. The van der Waals surface area contributed by atoms with Gasteiger partial charge in [0.25, 0.3) is 0 Å². The molecular formula is C23H33F2NO6. The Bertz CT molecular complexity index is 768. The van der Waals surface area contributed by atoms with Crippen LogP contribution in [0.25, 0.3) is 0 Å². The zero-order chi connectivity index (χ0) is 24.5. The number of carbonyl (C=O) groups excluding carboxylic acids is 3. The van der Waals surface area contributed by atoms with Crippen molar-refractivity contribution in [3.8, 4) is 0 Å². The summed E-state index contributed by atoms with van der Waals surface area (Å²) >= 11 is 0. The molecule has 1 aromatic carbocycles. The van der Waals surface area contributed by atoms with Gasteiger partial charge in [0.05, 0.1) is 6.67 Å². The lowest BCUT2D eigenvalue weighted by molar-refractivity contribution is -0.151. The molecule has 0 spiro atoms. The minimum Gasteiger partial charge on any atom is -0.459 e. The van der Waals surface area contributed by atoms with Crippen molar-refractivity contribution in [2.24, 2.45) is 5.41 Å². The average Bonchev–Trinajstić information content (AvgIpc) is 2.68. The van der Waals surface area contributed by atoms with Gasteiger partial charge in [0.1, 0.15) is 24.4 Å². The SMILES string of the molecule is CC(C)(C)OC(=O)N[C@@H](C(=O)OCc1ccc(C(CCF)OC(=O)CF)cc1)C(C)(C)C. The van der Waals surface area contributed by atoms with E-state index in [9.17, 15) is 23.2 Å². The molecule has 0 fully saturated rings. The molecule has 32 heavy (non-hydrogen) atoms. The minimum absolute atomic E-state index is 0.0697. The van der Waals surface area contributed by atoms with Gasteiger partial charge in [0.2, 0.25) is 0 Å². The monoisotopic (exact) mass is 457 g/mol. The number of hydrogen-bond acceptors (Lipinski definition) is 6. The zero-order valence-electron chi connectivity index (χ0n) is 19.5. The van der Waals surface area contributed by atoms with Crippen LogP contribution in [-0.2, 0) is 30.4 Å². The zero-order valence-corrected chi connectivity index (χ0v) is 19.5. The van der Waals surface area contributed by atoms with Crippen molar-refractivity contribution in [2.75, 3.05) is 13.3 Å². The third-order valence-electron chi connectivity index (χ3n) is 4.25. The number of nitrogens with one attached hydrogen (secondary N) is 1. The Morgan fingerprint density at radius 2 is 1.59 bits per heavy atom. The number of esters is 2. The first-order chi connectivity index (χ1) is 14.8. The van der Waals surface area contributed by atoms with Crippen LogP contribution in [0.15, 0.2) is 24.3 Å². The van der Waals surface area contributed by atoms with Crippen LogP contribution in [0.1, 0.15) is 65.2 Å². The lowest BCUT2D eigenvalue weighted by atomic mass is 9.87. The summed E-state index contributed by atoms with van der Waals surface area (Å²) in [5.41, 5.74) is -0.212. The molecule has 0 saturated carbocycles. The molecule has 1 N–H and O–H groups in total. The Kier molecular flexibility index (Phi) is 10.1. The highest BCUT2D eigenvalue weighted by Crippen LogP contribution is 2.24. The molecule has 0 aliphatic carbocycles. The predicted octanol–water partition coefficient (Wildman–Crippen LogP) is 4.58. The predicted molar refractivity (Wildman–Crippen MR) is 114 cm³/mol. The largest absolute Gasteiger partial charge is 0.459 e. The van der Waals surface area contributed by atoms with E-state index < -0.39 is 54.5 Å². The van der Waals surface area contributed by atoms with E-state index >= 15 is 0 Å². The highest BCUT2D eigenvalue weighted by Gasteiger charge is 2.35. The molecule has 0 heterocycles. The summed E-state index contributed by atoms with van der Waals surface area (Å²) in [5, 5.41) is 2.56. The van der Waals surface area contributed by atoms with Gasteiger partial charge in [-0.25, -0.2) is 18.8 Å². The van der Waals surface area contributed by atoms with E-state index in [-0.39, 0.29) is 13.0 Å². The fraction of sp³-hybridized carbons (Fsp3) is 0.609. The van der Waals surface area contributed by atoms with Crippen molar-refractivity contribution < 1.29 is 37.4 Å². The number of halogens is 2. The molecule has 180 valence electrons. The van der Waals surface area contributed by atoms with Gasteiger partial charge in [-0.15, -0.1) is 0 Å². The van der Waals surface area contributed by atoms with Crippen LogP contribution in [0.4, 0.5) is 13.6 Å². The first kappa shape index (κ1) is 27.3. The number of benzene rings is 1. The molecule has 0 radical (unpaired) electrons.